The lowest BCUT2D eigenvalue weighted by molar-refractivity contribution is 0.263. The maximum Gasteiger partial charge on any atom is 0.0642 e. The molecule has 1 aliphatic heterocycles. The summed E-state index contributed by atoms with van der Waals surface area (Å²) < 4.78 is 0. The third kappa shape index (κ3) is 3.30. The highest BCUT2D eigenvalue weighted by molar-refractivity contribution is 5.89. The largest absolute Gasteiger partial charge is 0.411 e. The van der Waals surface area contributed by atoms with Crippen LogP contribution in [0.25, 0.3) is 0 Å². The zero-order valence-corrected chi connectivity index (χ0v) is 13.7. The van der Waals surface area contributed by atoms with Gasteiger partial charge in [-0.15, -0.1) is 0 Å². The fourth-order valence-corrected chi connectivity index (χ4v) is 3.66. The Morgan fingerprint density at radius 2 is 1.52 bits per heavy atom. The molecule has 3 heteroatoms. The van der Waals surface area contributed by atoms with Crippen molar-refractivity contribution in [1.82, 2.24) is 5.32 Å². The van der Waals surface area contributed by atoms with Gasteiger partial charge in [-0.3, -0.25) is 0 Å². The summed E-state index contributed by atoms with van der Waals surface area (Å²) in [6.45, 7) is 4.38. The molecule has 120 valence electrons. The maximum absolute atomic E-state index is 9.60. The minimum Gasteiger partial charge on any atom is -0.411 e. The Balaban J connectivity index is 1.98. The molecule has 1 aliphatic rings. The van der Waals surface area contributed by atoms with Gasteiger partial charge in [-0.05, 0) is 17.0 Å². The van der Waals surface area contributed by atoms with E-state index in [2.05, 4.69) is 72.9 Å². The minimum absolute atomic E-state index is 0.154. The Morgan fingerprint density at radius 1 is 0.957 bits per heavy atom. The van der Waals surface area contributed by atoms with Crippen molar-refractivity contribution in [3.63, 3.8) is 0 Å². The molecule has 23 heavy (non-hydrogen) atoms. The standard InChI is InChI=1S/C20H24N2O/c1-14(2)19-18(22-23)13-17(15-9-5-3-6-10-15)21-20(19)16-11-7-4-8-12-16/h3-12,14,17,19-21,23H,13H2,1-2H3/b22-18+/t17-,19-,20+/m0/s1. The van der Waals surface area contributed by atoms with Crippen molar-refractivity contribution in [1.29, 1.82) is 0 Å². The molecular formula is C20H24N2O. The first kappa shape index (κ1) is 15.8. The first-order valence-electron chi connectivity index (χ1n) is 8.27. The molecule has 2 aromatic rings. The van der Waals surface area contributed by atoms with E-state index in [1.165, 1.54) is 11.1 Å². The Kier molecular flexibility index (Phi) is 4.77. The second-order valence-corrected chi connectivity index (χ2v) is 6.58. The van der Waals surface area contributed by atoms with Gasteiger partial charge in [-0.1, -0.05) is 79.7 Å². The van der Waals surface area contributed by atoms with Crippen molar-refractivity contribution in [2.75, 3.05) is 0 Å². The number of nitrogens with zero attached hydrogens (tertiary/aromatic N) is 1. The summed E-state index contributed by atoms with van der Waals surface area (Å²) in [5, 5.41) is 17.1. The highest BCUT2D eigenvalue weighted by Gasteiger charge is 2.38. The van der Waals surface area contributed by atoms with Crippen molar-refractivity contribution in [2.45, 2.75) is 32.4 Å². The number of oxime groups is 1. The molecule has 0 unspecified atom stereocenters. The second kappa shape index (κ2) is 6.97. The second-order valence-electron chi connectivity index (χ2n) is 6.58. The highest BCUT2D eigenvalue weighted by Crippen LogP contribution is 2.39. The van der Waals surface area contributed by atoms with E-state index in [1.807, 2.05) is 12.1 Å². The molecule has 1 fully saturated rings. The van der Waals surface area contributed by atoms with Crippen LogP contribution >= 0.6 is 0 Å². The fourth-order valence-electron chi connectivity index (χ4n) is 3.66. The molecule has 1 heterocycles. The molecule has 3 atom stereocenters. The van der Waals surface area contributed by atoms with E-state index in [0.717, 1.165) is 12.1 Å². The normalized spacial score (nSPS) is 26.6. The Labute approximate surface area is 138 Å². The topological polar surface area (TPSA) is 44.6 Å². The van der Waals surface area contributed by atoms with Gasteiger partial charge in [0.25, 0.3) is 0 Å². The van der Waals surface area contributed by atoms with E-state index in [-0.39, 0.29) is 18.0 Å². The fraction of sp³-hybridized carbons (Fsp3) is 0.350. The van der Waals surface area contributed by atoms with Gasteiger partial charge >= 0.3 is 0 Å². The van der Waals surface area contributed by atoms with Crippen LogP contribution in [0.5, 0.6) is 0 Å². The number of nitrogens with one attached hydrogen (secondary N) is 1. The quantitative estimate of drug-likeness (QED) is 0.644. The van der Waals surface area contributed by atoms with Crippen LogP contribution in [0.4, 0.5) is 0 Å². The Bertz CT molecular complexity index is 652. The van der Waals surface area contributed by atoms with Crippen molar-refractivity contribution in [3.8, 4) is 0 Å². The van der Waals surface area contributed by atoms with E-state index in [9.17, 15) is 5.21 Å². The van der Waals surface area contributed by atoms with E-state index >= 15 is 0 Å². The van der Waals surface area contributed by atoms with Crippen molar-refractivity contribution in [3.05, 3.63) is 71.8 Å². The molecule has 0 amide bonds. The summed E-state index contributed by atoms with van der Waals surface area (Å²) in [5.74, 6) is 0.595. The zero-order chi connectivity index (χ0) is 16.2. The molecule has 2 aromatic carbocycles. The summed E-state index contributed by atoms with van der Waals surface area (Å²) in [5.41, 5.74) is 3.37. The monoisotopic (exact) mass is 308 g/mol. The molecule has 0 spiro atoms. The molecule has 0 aromatic heterocycles. The summed E-state index contributed by atoms with van der Waals surface area (Å²) in [6.07, 6.45) is 0.743. The van der Waals surface area contributed by atoms with Crippen LogP contribution in [0.15, 0.2) is 65.8 Å². The van der Waals surface area contributed by atoms with Crippen LogP contribution < -0.4 is 5.32 Å². The van der Waals surface area contributed by atoms with E-state index in [0.29, 0.717) is 5.92 Å². The summed E-state index contributed by atoms with van der Waals surface area (Å²) >= 11 is 0. The molecule has 2 N–H and O–H groups in total. The number of benzene rings is 2. The molecule has 3 rings (SSSR count). The van der Waals surface area contributed by atoms with Crippen molar-refractivity contribution in [2.24, 2.45) is 17.0 Å². The van der Waals surface area contributed by atoms with Gasteiger partial charge in [0.1, 0.15) is 0 Å². The van der Waals surface area contributed by atoms with Crippen LogP contribution in [-0.4, -0.2) is 10.9 Å². The van der Waals surface area contributed by atoms with Crippen LogP contribution in [0.1, 0.15) is 43.5 Å². The Hall–Kier alpha value is -2.13. The lowest BCUT2D eigenvalue weighted by Gasteiger charge is -2.40. The number of piperidine rings is 1. The van der Waals surface area contributed by atoms with Gasteiger partial charge in [0, 0.05) is 24.4 Å². The van der Waals surface area contributed by atoms with Gasteiger partial charge in [-0.25, -0.2) is 0 Å². The first-order chi connectivity index (χ1) is 11.2. The molecular weight excluding hydrogens is 284 g/mol. The van der Waals surface area contributed by atoms with Crippen molar-refractivity contribution >= 4 is 5.71 Å². The third-order valence-electron chi connectivity index (χ3n) is 4.75. The smallest absolute Gasteiger partial charge is 0.0642 e. The Morgan fingerprint density at radius 3 is 2.04 bits per heavy atom. The summed E-state index contributed by atoms with van der Waals surface area (Å²) in [7, 11) is 0. The van der Waals surface area contributed by atoms with Gasteiger partial charge in [0.05, 0.1) is 5.71 Å². The molecule has 0 saturated carbocycles. The average molecular weight is 308 g/mol. The van der Waals surface area contributed by atoms with Gasteiger partial charge in [0.2, 0.25) is 0 Å². The predicted octanol–water partition coefficient (Wildman–Crippen LogP) is 4.56. The van der Waals surface area contributed by atoms with E-state index in [4.69, 9.17) is 0 Å². The summed E-state index contributed by atoms with van der Waals surface area (Å²) in [6, 6.07) is 21.2. The van der Waals surface area contributed by atoms with Crippen molar-refractivity contribution < 1.29 is 5.21 Å². The average Bonchev–Trinajstić information content (AvgIpc) is 2.62. The molecule has 1 saturated heterocycles. The first-order valence-corrected chi connectivity index (χ1v) is 8.27. The molecule has 0 radical (unpaired) electrons. The zero-order valence-electron chi connectivity index (χ0n) is 13.7. The summed E-state index contributed by atoms with van der Waals surface area (Å²) in [4.78, 5) is 0. The SMILES string of the molecule is CC(C)[C@H]1/C(=N/O)C[C@@H](c2ccccc2)N[C@@H]1c1ccccc1. The molecule has 3 nitrogen and oxygen atoms in total. The lowest BCUT2D eigenvalue weighted by Crippen LogP contribution is -2.44. The van der Waals surface area contributed by atoms with E-state index in [1.54, 1.807) is 0 Å². The minimum atomic E-state index is 0.154. The van der Waals surface area contributed by atoms with Gasteiger partial charge < -0.3 is 10.5 Å². The van der Waals surface area contributed by atoms with Crippen LogP contribution in [0.2, 0.25) is 0 Å². The molecule has 0 aliphatic carbocycles. The van der Waals surface area contributed by atoms with Gasteiger partial charge in [0.15, 0.2) is 0 Å². The van der Waals surface area contributed by atoms with Crippen LogP contribution in [-0.2, 0) is 0 Å². The lowest BCUT2D eigenvalue weighted by atomic mass is 9.75. The van der Waals surface area contributed by atoms with E-state index < -0.39 is 0 Å². The predicted molar refractivity (Wildman–Crippen MR) is 93.7 cm³/mol. The highest BCUT2D eigenvalue weighted by atomic mass is 16.4. The third-order valence-corrected chi connectivity index (χ3v) is 4.75. The number of hydrogen-bond donors (Lipinski definition) is 2. The van der Waals surface area contributed by atoms with Crippen LogP contribution in [0.3, 0.4) is 0 Å². The van der Waals surface area contributed by atoms with Crippen LogP contribution in [0, 0.1) is 11.8 Å². The van der Waals surface area contributed by atoms with Gasteiger partial charge in [-0.2, -0.15) is 0 Å². The number of hydrogen-bond acceptors (Lipinski definition) is 3. The maximum atomic E-state index is 9.60. The molecule has 0 bridgehead atoms. The number of rotatable bonds is 3.